The minimum Gasteiger partial charge on any atom is -0.469 e. The van der Waals surface area contributed by atoms with Crippen molar-refractivity contribution in [2.75, 3.05) is 43.0 Å². The topological polar surface area (TPSA) is 126 Å². The molecule has 1 aromatic heterocycles. The molecule has 3 aliphatic heterocycles. The summed E-state index contributed by atoms with van der Waals surface area (Å²) < 4.78 is 32.4. The molecule has 0 saturated carbocycles. The van der Waals surface area contributed by atoms with Crippen molar-refractivity contribution in [2.24, 2.45) is 0 Å². The summed E-state index contributed by atoms with van der Waals surface area (Å²) in [6.45, 7) is 8.93. The summed E-state index contributed by atoms with van der Waals surface area (Å²) in [5.74, 6) is -0.494. The molecule has 1 aromatic carbocycles. The van der Waals surface area contributed by atoms with E-state index < -0.39 is 23.6 Å². The van der Waals surface area contributed by atoms with Crippen molar-refractivity contribution in [3.05, 3.63) is 29.6 Å². The van der Waals surface area contributed by atoms with E-state index in [0.717, 1.165) is 12.8 Å². The van der Waals surface area contributed by atoms with Crippen LogP contribution >= 0.6 is 0 Å². The standard InChI is InChI=1S/C27H34FN5O6/c1-5-32-14-27(3,4)39-23-21(24(32)35)22(30-25(31-23)33-11-17-7-8-18(12-33)38-17)16-6-9-20(19(28)10-16)29-26(36)37-13-15(2)34/h6,9-10,15,17-18,34H,5,7-8,11-14H2,1-4H3,(H,29,36)/t15-,17?,18?/m1/s1. The van der Waals surface area contributed by atoms with Crippen LogP contribution in [0.3, 0.4) is 0 Å². The number of morpholine rings is 1. The van der Waals surface area contributed by atoms with E-state index in [4.69, 9.17) is 24.2 Å². The minimum absolute atomic E-state index is 0.0839. The highest BCUT2D eigenvalue weighted by atomic mass is 19.1. The van der Waals surface area contributed by atoms with Crippen LogP contribution in [0, 0.1) is 5.82 Å². The number of ether oxygens (including phenoxy) is 3. The molecule has 0 spiro atoms. The van der Waals surface area contributed by atoms with Gasteiger partial charge in [-0.2, -0.15) is 4.98 Å². The number of halogens is 1. The molecule has 210 valence electrons. The van der Waals surface area contributed by atoms with Crippen LogP contribution in [0.25, 0.3) is 11.3 Å². The molecule has 5 rings (SSSR count). The van der Waals surface area contributed by atoms with E-state index >= 15 is 4.39 Å². The van der Waals surface area contributed by atoms with Gasteiger partial charge in [-0.25, -0.2) is 14.2 Å². The lowest BCUT2D eigenvalue weighted by Gasteiger charge is -2.33. The highest BCUT2D eigenvalue weighted by Crippen LogP contribution is 2.38. The molecule has 0 aliphatic carbocycles. The molecular formula is C27H34FN5O6. The molecular weight excluding hydrogens is 509 g/mol. The van der Waals surface area contributed by atoms with Gasteiger partial charge >= 0.3 is 6.09 Å². The van der Waals surface area contributed by atoms with Crippen LogP contribution < -0.4 is 15.0 Å². The highest BCUT2D eigenvalue weighted by Gasteiger charge is 2.39. The summed E-state index contributed by atoms with van der Waals surface area (Å²) in [6.07, 6.45) is 0.352. The predicted octanol–water partition coefficient (Wildman–Crippen LogP) is 3.21. The first-order valence-corrected chi connectivity index (χ1v) is 13.3. The van der Waals surface area contributed by atoms with Crippen molar-refractivity contribution in [2.45, 2.75) is 64.4 Å². The molecule has 2 aromatic rings. The Kier molecular flexibility index (Phi) is 7.34. The second-order valence-corrected chi connectivity index (χ2v) is 10.9. The smallest absolute Gasteiger partial charge is 0.411 e. The van der Waals surface area contributed by atoms with Crippen LogP contribution in [0.15, 0.2) is 18.2 Å². The number of nitrogens with one attached hydrogen (secondary N) is 1. The van der Waals surface area contributed by atoms with E-state index in [1.807, 2.05) is 25.7 Å². The largest absolute Gasteiger partial charge is 0.469 e. The van der Waals surface area contributed by atoms with E-state index in [-0.39, 0.29) is 47.5 Å². The van der Waals surface area contributed by atoms with Crippen molar-refractivity contribution in [3.8, 4) is 17.1 Å². The van der Waals surface area contributed by atoms with Crippen LogP contribution in [0.1, 0.15) is 50.9 Å². The summed E-state index contributed by atoms with van der Waals surface area (Å²) in [5, 5.41) is 11.6. The fourth-order valence-electron chi connectivity index (χ4n) is 5.17. The fraction of sp³-hybridized carbons (Fsp3) is 0.556. The van der Waals surface area contributed by atoms with Crippen LogP contribution in [0.2, 0.25) is 0 Å². The van der Waals surface area contributed by atoms with E-state index in [1.165, 1.54) is 19.1 Å². The third kappa shape index (κ3) is 5.76. The Morgan fingerprint density at radius 1 is 1.28 bits per heavy atom. The third-order valence-electron chi connectivity index (χ3n) is 6.95. The Morgan fingerprint density at radius 2 is 2.00 bits per heavy atom. The van der Waals surface area contributed by atoms with Crippen molar-refractivity contribution >= 4 is 23.6 Å². The summed E-state index contributed by atoms with van der Waals surface area (Å²) in [4.78, 5) is 38.9. The fourth-order valence-corrected chi connectivity index (χ4v) is 5.17. The lowest BCUT2D eigenvalue weighted by Crippen LogP contribution is -2.43. The maximum absolute atomic E-state index is 15.2. The zero-order valence-electron chi connectivity index (χ0n) is 22.6. The van der Waals surface area contributed by atoms with Crippen molar-refractivity contribution in [1.82, 2.24) is 14.9 Å². The SMILES string of the molecule is CCN1CC(C)(C)Oc2nc(N3CC4CCC(C3)O4)nc(-c3ccc(NC(=O)OC[C@@H](C)O)c(F)c3)c2C1=O. The van der Waals surface area contributed by atoms with Gasteiger partial charge in [0.25, 0.3) is 5.91 Å². The predicted molar refractivity (Wildman–Crippen MR) is 140 cm³/mol. The molecule has 0 radical (unpaired) electrons. The van der Waals surface area contributed by atoms with Gasteiger partial charge in [0, 0.05) is 25.2 Å². The number of amides is 2. The summed E-state index contributed by atoms with van der Waals surface area (Å²) in [5.41, 5.74) is -0.0800. The molecule has 3 aliphatic rings. The van der Waals surface area contributed by atoms with Gasteiger partial charge in [0.1, 0.15) is 23.6 Å². The number of carbonyl (C=O) groups excluding carboxylic acids is 2. The Bertz CT molecular complexity index is 1260. The normalized spacial score (nSPS) is 22.6. The maximum Gasteiger partial charge on any atom is 0.411 e. The van der Waals surface area contributed by atoms with Crippen molar-refractivity contribution < 1.29 is 33.3 Å². The van der Waals surface area contributed by atoms with Gasteiger partial charge in [-0.1, -0.05) is 6.07 Å². The summed E-state index contributed by atoms with van der Waals surface area (Å²) in [6, 6.07) is 4.16. The molecule has 4 heterocycles. The Balaban J connectivity index is 1.56. The summed E-state index contributed by atoms with van der Waals surface area (Å²) >= 11 is 0. The maximum atomic E-state index is 15.2. The van der Waals surface area contributed by atoms with Crippen LogP contribution in [0.4, 0.5) is 20.8 Å². The van der Waals surface area contributed by atoms with E-state index in [2.05, 4.69) is 5.32 Å². The highest BCUT2D eigenvalue weighted by molar-refractivity contribution is 6.03. The second-order valence-electron chi connectivity index (χ2n) is 10.9. The quantitative estimate of drug-likeness (QED) is 0.565. The van der Waals surface area contributed by atoms with Crippen molar-refractivity contribution in [1.29, 1.82) is 0 Å². The second kappa shape index (κ2) is 10.6. The molecule has 2 unspecified atom stereocenters. The average molecular weight is 544 g/mol. The molecule has 2 amide bonds. The number of nitrogens with zero attached hydrogens (tertiary/aromatic N) is 4. The molecule has 12 heteroatoms. The minimum atomic E-state index is -0.896. The molecule has 3 atom stereocenters. The van der Waals surface area contributed by atoms with Crippen LogP contribution in [0.5, 0.6) is 5.88 Å². The molecule has 2 N–H and O–H groups in total. The number of likely N-dealkylation sites (N-methyl/N-ethyl adjacent to an activating group) is 1. The Morgan fingerprint density at radius 3 is 2.64 bits per heavy atom. The first-order valence-electron chi connectivity index (χ1n) is 13.3. The van der Waals surface area contributed by atoms with E-state index in [1.54, 1.807) is 11.0 Å². The lowest BCUT2D eigenvalue weighted by molar-refractivity contribution is 0.0297. The molecule has 39 heavy (non-hydrogen) atoms. The number of anilines is 2. The number of hydrogen-bond acceptors (Lipinski definition) is 9. The molecule has 11 nitrogen and oxygen atoms in total. The zero-order chi connectivity index (χ0) is 27.9. The number of aliphatic hydroxyl groups excluding tert-OH is 1. The molecule has 2 bridgehead atoms. The number of benzene rings is 1. The van der Waals surface area contributed by atoms with Gasteiger partial charge in [0.05, 0.1) is 36.2 Å². The summed E-state index contributed by atoms with van der Waals surface area (Å²) in [7, 11) is 0. The van der Waals surface area contributed by atoms with Crippen molar-refractivity contribution in [3.63, 3.8) is 0 Å². The lowest BCUT2D eigenvalue weighted by atomic mass is 10.0. The number of aromatic nitrogens is 2. The van der Waals surface area contributed by atoms with Gasteiger partial charge in [-0.3, -0.25) is 10.1 Å². The monoisotopic (exact) mass is 543 g/mol. The third-order valence-corrected chi connectivity index (χ3v) is 6.95. The zero-order valence-corrected chi connectivity index (χ0v) is 22.6. The van der Waals surface area contributed by atoms with Gasteiger partial charge in [-0.15, -0.1) is 0 Å². The first kappa shape index (κ1) is 27.1. The van der Waals surface area contributed by atoms with Crippen LogP contribution in [-0.2, 0) is 9.47 Å². The number of hydrogen-bond donors (Lipinski definition) is 2. The van der Waals surface area contributed by atoms with Gasteiger partial charge in [-0.05, 0) is 52.7 Å². The first-order chi connectivity index (χ1) is 18.5. The number of rotatable bonds is 6. The molecule has 2 saturated heterocycles. The Hall–Kier alpha value is -3.51. The number of carbonyl (C=O) groups is 2. The number of fused-ring (bicyclic) bond motifs is 3. The number of aliphatic hydroxyl groups is 1. The Labute approximate surface area is 226 Å². The average Bonchev–Trinajstić information content (AvgIpc) is 3.18. The van der Waals surface area contributed by atoms with E-state index in [9.17, 15) is 14.7 Å². The van der Waals surface area contributed by atoms with Crippen LogP contribution in [-0.4, -0.2) is 88.7 Å². The van der Waals surface area contributed by atoms with Gasteiger partial charge < -0.3 is 29.1 Å². The van der Waals surface area contributed by atoms with Gasteiger partial charge in [0.2, 0.25) is 11.8 Å². The van der Waals surface area contributed by atoms with Gasteiger partial charge in [0.15, 0.2) is 0 Å². The van der Waals surface area contributed by atoms with E-state index in [0.29, 0.717) is 37.7 Å². The molecule has 2 fully saturated rings.